The van der Waals surface area contributed by atoms with Crippen LogP contribution in [0.3, 0.4) is 0 Å². The molecule has 0 bridgehead atoms. The second-order valence-corrected chi connectivity index (χ2v) is 5.24. The Morgan fingerprint density at radius 2 is 2.00 bits per heavy atom. The van der Waals surface area contributed by atoms with Crippen molar-refractivity contribution < 1.29 is 0 Å². The molecule has 2 aliphatic rings. The average Bonchev–Trinajstić information content (AvgIpc) is 3.24. The van der Waals surface area contributed by atoms with Gasteiger partial charge in [-0.05, 0) is 18.9 Å². The van der Waals surface area contributed by atoms with E-state index in [1.54, 1.807) is 12.3 Å². The Morgan fingerprint density at radius 3 is 2.61 bits per heavy atom. The van der Waals surface area contributed by atoms with Crippen molar-refractivity contribution in [1.82, 2.24) is 9.88 Å². The van der Waals surface area contributed by atoms with Gasteiger partial charge in [-0.1, -0.05) is 11.6 Å². The summed E-state index contributed by atoms with van der Waals surface area (Å²) in [5.74, 6) is 0.756. The van der Waals surface area contributed by atoms with E-state index in [0.717, 1.165) is 38.0 Å². The minimum Gasteiger partial charge on any atom is -0.353 e. The highest BCUT2D eigenvalue weighted by Crippen LogP contribution is 2.30. The molecule has 0 radical (unpaired) electrons. The molecule has 18 heavy (non-hydrogen) atoms. The Kier molecular flexibility index (Phi) is 3.11. The lowest BCUT2D eigenvalue weighted by molar-refractivity contribution is 0.247. The summed E-state index contributed by atoms with van der Waals surface area (Å²) in [6, 6.07) is 4.58. The molecule has 1 aliphatic heterocycles. The highest BCUT2D eigenvalue weighted by Gasteiger charge is 2.31. The number of pyridine rings is 1. The van der Waals surface area contributed by atoms with Crippen molar-refractivity contribution in [1.29, 1.82) is 5.26 Å². The monoisotopic (exact) mass is 262 g/mol. The van der Waals surface area contributed by atoms with Gasteiger partial charge in [0.2, 0.25) is 0 Å². The summed E-state index contributed by atoms with van der Waals surface area (Å²) in [4.78, 5) is 9.04. The van der Waals surface area contributed by atoms with E-state index in [-0.39, 0.29) is 0 Å². The van der Waals surface area contributed by atoms with Crippen LogP contribution in [0.4, 0.5) is 5.82 Å². The van der Waals surface area contributed by atoms with E-state index >= 15 is 0 Å². The van der Waals surface area contributed by atoms with Gasteiger partial charge in [-0.15, -0.1) is 0 Å². The van der Waals surface area contributed by atoms with Gasteiger partial charge in [-0.25, -0.2) is 4.98 Å². The van der Waals surface area contributed by atoms with Crippen LogP contribution in [-0.2, 0) is 0 Å². The molecule has 3 rings (SSSR count). The molecule has 0 aromatic carbocycles. The van der Waals surface area contributed by atoms with E-state index in [1.165, 1.54) is 12.8 Å². The Labute approximate surface area is 112 Å². The number of rotatable bonds is 2. The lowest BCUT2D eigenvalue weighted by Gasteiger charge is -2.35. The van der Waals surface area contributed by atoms with Crippen LogP contribution < -0.4 is 4.90 Å². The van der Waals surface area contributed by atoms with Crippen LogP contribution in [-0.4, -0.2) is 42.1 Å². The van der Waals surface area contributed by atoms with Gasteiger partial charge in [-0.3, -0.25) is 4.90 Å². The molecule has 0 unspecified atom stereocenters. The summed E-state index contributed by atoms with van der Waals surface area (Å²) < 4.78 is 0. The molecule has 1 aromatic rings. The van der Waals surface area contributed by atoms with E-state index in [2.05, 4.69) is 20.9 Å². The van der Waals surface area contributed by atoms with Gasteiger partial charge >= 0.3 is 0 Å². The molecule has 1 saturated heterocycles. The number of hydrogen-bond donors (Lipinski definition) is 0. The Hall–Kier alpha value is -1.31. The number of anilines is 1. The molecule has 2 fully saturated rings. The fourth-order valence-corrected chi connectivity index (χ4v) is 2.75. The topological polar surface area (TPSA) is 43.2 Å². The Morgan fingerprint density at radius 1 is 1.28 bits per heavy atom. The summed E-state index contributed by atoms with van der Waals surface area (Å²) in [5, 5.41) is 9.46. The van der Waals surface area contributed by atoms with Crippen molar-refractivity contribution in [3.05, 3.63) is 22.8 Å². The van der Waals surface area contributed by atoms with Crippen molar-refractivity contribution in [2.75, 3.05) is 31.1 Å². The molecule has 2 heterocycles. The van der Waals surface area contributed by atoms with Crippen LogP contribution in [0.5, 0.6) is 0 Å². The minimum atomic E-state index is 0.486. The maximum atomic E-state index is 8.98. The normalized spacial score (nSPS) is 20.8. The molecule has 0 atom stereocenters. The number of hydrogen-bond acceptors (Lipinski definition) is 4. The summed E-state index contributed by atoms with van der Waals surface area (Å²) in [6.45, 7) is 4.02. The SMILES string of the molecule is N#Cc1ccnc(N2CCN(C3CC3)CC2)c1Cl. The van der Waals surface area contributed by atoms with Crippen molar-refractivity contribution in [3.63, 3.8) is 0 Å². The third-order valence-corrected chi connectivity index (χ3v) is 4.04. The van der Waals surface area contributed by atoms with E-state index in [9.17, 15) is 0 Å². The van der Waals surface area contributed by atoms with Crippen molar-refractivity contribution in [2.24, 2.45) is 0 Å². The molecular formula is C13H15ClN4. The largest absolute Gasteiger partial charge is 0.353 e. The third-order valence-electron chi connectivity index (χ3n) is 3.67. The molecule has 0 spiro atoms. The van der Waals surface area contributed by atoms with Crippen LogP contribution in [0, 0.1) is 11.3 Å². The van der Waals surface area contributed by atoms with Gasteiger partial charge in [0.1, 0.15) is 16.9 Å². The summed E-state index contributed by atoms with van der Waals surface area (Å²) in [6.07, 6.45) is 4.36. The zero-order valence-electron chi connectivity index (χ0n) is 10.1. The maximum Gasteiger partial charge on any atom is 0.148 e. The second-order valence-electron chi connectivity index (χ2n) is 4.86. The van der Waals surface area contributed by atoms with Gasteiger partial charge in [0.05, 0.1) is 5.56 Å². The smallest absolute Gasteiger partial charge is 0.148 e. The summed E-state index contributed by atoms with van der Waals surface area (Å²) in [7, 11) is 0. The predicted octanol–water partition coefficient (Wildman–Crippen LogP) is 1.89. The second kappa shape index (κ2) is 4.75. The zero-order valence-corrected chi connectivity index (χ0v) is 10.9. The van der Waals surface area contributed by atoms with E-state index in [1.807, 2.05) is 0 Å². The molecule has 1 aliphatic carbocycles. The molecule has 0 N–H and O–H groups in total. The molecule has 4 nitrogen and oxygen atoms in total. The fourth-order valence-electron chi connectivity index (χ4n) is 2.48. The van der Waals surface area contributed by atoms with Gasteiger partial charge in [0.25, 0.3) is 0 Å². The van der Waals surface area contributed by atoms with E-state index < -0.39 is 0 Å². The minimum absolute atomic E-state index is 0.486. The number of nitriles is 1. The zero-order chi connectivity index (χ0) is 12.5. The van der Waals surface area contributed by atoms with Gasteiger partial charge in [0.15, 0.2) is 0 Å². The average molecular weight is 263 g/mol. The molecule has 1 saturated carbocycles. The Balaban J connectivity index is 1.74. The highest BCUT2D eigenvalue weighted by atomic mass is 35.5. The van der Waals surface area contributed by atoms with Crippen molar-refractivity contribution in [2.45, 2.75) is 18.9 Å². The lowest BCUT2D eigenvalue weighted by Crippen LogP contribution is -2.47. The Bertz CT molecular complexity index is 484. The van der Waals surface area contributed by atoms with Crippen LogP contribution in [0.15, 0.2) is 12.3 Å². The first kappa shape index (κ1) is 11.8. The van der Waals surface area contributed by atoms with Crippen molar-refractivity contribution in [3.8, 4) is 6.07 Å². The molecular weight excluding hydrogens is 248 g/mol. The van der Waals surface area contributed by atoms with Gasteiger partial charge < -0.3 is 4.90 Å². The molecule has 5 heteroatoms. The molecule has 1 aromatic heterocycles. The lowest BCUT2D eigenvalue weighted by atomic mass is 10.2. The molecule has 94 valence electrons. The van der Waals surface area contributed by atoms with Gasteiger partial charge in [-0.2, -0.15) is 5.26 Å². The number of aromatic nitrogens is 1. The van der Waals surface area contributed by atoms with E-state index in [0.29, 0.717) is 10.6 Å². The predicted molar refractivity (Wildman–Crippen MR) is 70.8 cm³/mol. The van der Waals surface area contributed by atoms with Crippen LogP contribution in [0.25, 0.3) is 0 Å². The third kappa shape index (κ3) is 2.16. The van der Waals surface area contributed by atoms with Crippen LogP contribution in [0.2, 0.25) is 5.02 Å². The first-order valence-corrected chi connectivity index (χ1v) is 6.71. The number of piperazine rings is 1. The summed E-state index contributed by atoms with van der Waals surface area (Å²) >= 11 is 6.21. The first-order valence-electron chi connectivity index (χ1n) is 6.33. The molecule has 0 amide bonds. The number of nitrogens with zero attached hydrogens (tertiary/aromatic N) is 4. The highest BCUT2D eigenvalue weighted by molar-refractivity contribution is 6.34. The fraction of sp³-hybridized carbons (Fsp3) is 0.538. The van der Waals surface area contributed by atoms with Crippen LogP contribution >= 0.6 is 11.6 Å². The quantitative estimate of drug-likeness (QED) is 0.816. The first-order chi connectivity index (χ1) is 8.79. The van der Waals surface area contributed by atoms with Crippen molar-refractivity contribution >= 4 is 17.4 Å². The van der Waals surface area contributed by atoms with E-state index in [4.69, 9.17) is 16.9 Å². The maximum absolute atomic E-state index is 8.98. The standard InChI is InChI=1S/C13H15ClN4/c14-12-10(9-15)3-4-16-13(12)18-7-5-17(6-8-18)11-1-2-11/h3-4,11H,1-2,5-8H2. The number of halogens is 1. The van der Waals surface area contributed by atoms with Crippen LogP contribution in [0.1, 0.15) is 18.4 Å². The summed E-state index contributed by atoms with van der Waals surface area (Å²) in [5.41, 5.74) is 0.506. The van der Waals surface area contributed by atoms with Gasteiger partial charge in [0, 0.05) is 38.4 Å².